The lowest BCUT2D eigenvalue weighted by Crippen LogP contribution is -2.31. The van der Waals surface area contributed by atoms with E-state index < -0.39 is 5.25 Å². The van der Waals surface area contributed by atoms with E-state index in [9.17, 15) is 9.59 Å². The van der Waals surface area contributed by atoms with Gasteiger partial charge in [0.2, 0.25) is 11.8 Å². The van der Waals surface area contributed by atoms with Gasteiger partial charge in [0.05, 0.1) is 0 Å². The van der Waals surface area contributed by atoms with Gasteiger partial charge in [-0.3, -0.25) is 9.59 Å². The van der Waals surface area contributed by atoms with Gasteiger partial charge in [-0.05, 0) is 20.8 Å². The van der Waals surface area contributed by atoms with Crippen LogP contribution in [0, 0.1) is 0 Å². The van der Waals surface area contributed by atoms with Crippen LogP contribution in [0.5, 0.6) is 0 Å². The van der Waals surface area contributed by atoms with Crippen LogP contribution in [0.2, 0.25) is 0 Å². The van der Waals surface area contributed by atoms with Crippen LogP contribution in [0.25, 0.3) is 0 Å². The normalized spacial score (nSPS) is 21.2. The zero-order chi connectivity index (χ0) is 12.8. The Balaban J connectivity index is 2.55. The first-order chi connectivity index (χ1) is 8.02. The zero-order valence-corrected chi connectivity index (χ0v) is 10.9. The van der Waals surface area contributed by atoms with Crippen LogP contribution in [-0.2, 0) is 9.59 Å². The molecule has 1 heterocycles. The highest BCUT2D eigenvalue weighted by Crippen LogP contribution is 2.22. The number of nitrogens with one attached hydrogen (secondary N) is 2. The molecule has 0 aromatic heterocycles. The van der Waals surface area contributed by atoms with Crippen molar-refractivity contribution in [3.63, 3.8) is 0 Å². The number of rotatable bonds is 4. The number of thioether (sulfide) groups is 1. The number of amides is 2. The van der Waals surface area contributed by atoms with Crippen molar-refractivity contribution in [3.8, 4) is 0 Å². The van der Waals surface area contributed by atoms with Gasteiger partial charge >= 0.3 is 0 Å². The summed E-state index contributed by atoms with van der Waals surface area (Å²) in [6.07, 6.45) is 0.165. The molecule has 1 fully saturated rings. The smallest absolute Gasteiger partial charge is 0.240 e. The van der Waals surface area contributed by atoms with E-state index >= 15 is 0 Å². The molecule has 0 aromatic rings. The highest BCUT2D eigenvalue weighted by molar-refractivity contribution is 8.15. The third kappa shape index (κ3) is 4.56. The van der Waals surface area contributed by atoms with Gasteiger partial charge in [0.1, 0.15) is 5.25 Å². The van der Waals surface area contributed by atoms with E-state index in [1.54, 1.807) is 0 Å². The highest BCUT2D eigenvalue weighted by atomic mass is 32.2. The van der Waals surface area contributed by atoms with Gasteiger partial charge in [0.15, 0.2) is 5.17 Å². The third-order valence-electron chi connectivity index (χ3n) is 1.86. The molecule has 0 aliphatic carbocycles. The minimum Gasteiger partial charge on any atom is -0.356 e. The first-order valence-electron chi connectivity index (χ1n) is 5.36. The third-order valence-corrected chi connectivity index (χ3v) is 2.93. The molecule has 94 valence electrons. The maximum absolute atomic E-state index is 11.5. The fraction of sp³-hybridized carbons (Fsp3) is 0.600. The van der Waals surface area contributed by atoms with Crippen molar-refractivity contribution in [1.82, 2.24) is 10.6 Å². The van der Waals surface area contributed by atoms with Crippen molar-refractivity contribution in [1.29, 1.82) is 0 Å². The minimum atomic E-state index is -0.410. The molecule has 0 bridgehead atoms. The predicted molar refractivity (Wildman–Crippen MR) is 69.0 cm³/mol. The van der Waals surface area contributed by atoms with E-state index in [0.717, 1.165) is 5.71 Å². The summed E-state index contributed by atoms with van der Waals surface area (Å²) in [6.45, 7) is 6.04. The number of carbonyl (C=O) groups is 2. The van der Waals surface area contributed by atoms with Gasteiger partial charge in [0, 0.05) is 18.7 Å². The topological polar surface area (TPSA) is 82.9 Å². The zero-order valence-electron chi connectivity index (χ0n) is 10.1. The Labute approximate surface area is 104 Å². The van der Waals surface area contributed by atoms with E-state index in [0.29, 0.717) is 11.7 Å². The van der Waals surface area contributed by atoms with Crippen LogP contribution in [0.4, 0.5) is 0 Å². The Kier molecular flexibility index (Phi) is 5.14. The van der Waals surface area contributed by atoms with Crippen molar-refractivity contribution in [2.45, 2.75) is 32.4 Å². The molecule has 1 saturated heterocycles. The fourth-order valence-electron chi connectivity index (χ4n) is 1.17. The molecule has 0 unspecified atom stereocenters. The van der Waals surface area contributed by atoms with E-state index in [1.807, 2.05) is 20.8 Å². The lowest BCUT2D eigenvalue weighted by molar-refractivity contribution is -0.125. The molecule has 0 radical (unpaired) electrons. The number of hydrogen-bond acceptors (Lipinski definition) is 5. The molecule has 0 aromatic carbocycles. The molecule has 6 nitrogen and oxygen atoms in total. The monoisotopic (exact) mass is 256 g/mol. The van der Waals surface area contributed by atoms with Gasteiger partial charge in [0.25, 0.3) is 0 Å². The van der Waals surface area contributed by atoms with Crippen LogP contribution in [0.3, 0.4) is 0 Å². The van der Waals surface area contributed by atoms with Crippen LogP contribution in [0.15, 0.2) is 10.2 Å². The molecule has 0 spiro atoms. The molecule has 1 rings (SSSR count). The standard InChI is InChI=1S/C10H16N4O2S/c1-4-11-8(15)5-7-9(16)12-10(17-7)14-13-6(2)3/h7H,4-5H2,1-3H3,(H,11,15)(H,12,14,16)/t7-/m1/s1. The van der Waals surface area contributed by atoms with Gasteiger partial charge in [-0.25, -0.2) is 0 Å². The van der Waals surface area contributed by atoms with Gasteiger partial charge in [-0.2, -0.15) is 5.10 Å². The van der Waals surface area contributed by atoms with Gasteiger partial charge < -0.3 is 10.6 Å². The second kappa shape index (κ2) is 6.39. The van der Waals surface area contributed by atoms with Crippen LogP contribution in [-0.4, -0.2) is 34.5 Å². The summed E-state index contributed by atoms with van der Waals surface area (Å²) < 4.78 is 0. The second-order valence-corrected chi connectivity index (χ2v) is 4.90. The van der Waals surface area contributed by atoms with Gasteiger partial charge in [-0.15, -0.1) is 5.10 Å². The summed E-state index contributed by atoms with van der Waals surface area (Å²) in [6, 6.07) is 0. The van der Waals surface area contributed by atoms with E-state index in [2.05, 4.69) is 20.8 Å². The SMILES string of the molecule is CCNC(=O)C[C@H]1S/C(=N/N=C(C)C)NC1=O. The Hall–Kier alpha value is -1.37. The van der Waals surface area contributed by atoms with Crippen molar-refractivity contribution in [3.05, 3.63) is 0 Å². The molecule has 1 atom stereocenters. The highest BCUT2D eigenvalue weighted by Gasteiger charge is 2.31. The number of carbonyl (C=O) groups excluding carboxylic acids is 2. The maximum atomic E-state index is 11.5. The Morgan fingerprint density at radius 1 is 1.53 bits per heavy atom. The van der Waals surface area contributed by atoms with E-state index in [-0.39, 0.29) is 18.2 Å². The summed E-state index contributed by atoms with van der Waals surface area (Å²) >= 11 is 1.24. The summed E-state index contributed by atoms with van der Waals surface area (Å²) in [4.78, 5) is 22.9. The average molecular weight is 256 g/mol. The van der Waals surface area contributed by atoms with E-state index in [1.165, 1.54) is 11.8 Å². The molecular weight excluding hydrogens is 240 g/mol. The maximum Gasteiger partial charge on any atom is 0.240 e. The Bertz CT molecular complexity index is 375. The Morgan fingerprint density at radius 3 is 2.82 bits per heavy atom. The van der Waals surface area contributed by atoms with Crippen LogP contribution in [0.1, 0.15) is 27.2 Å². The molecule has 7 heteroatoms. The lowest BCUT2D eigenvalue weighted by atomic mass is 10.3. The van der Waals surface area contributed by atoms with Crippen molar-refractivity contribution >= 4 is 34.5 Å². The first kappa shape index (κ1) is 13.7. The lowest BCUT2D eigenvalue weighted by Gasteiger charge is -2.04. The van der Waals surface area contributed by atoms with Gasteiger partial charge in [-0.1, -0.05) is 11.8 Å². The summed E-state index contributed by atoms with van der Waals surface area (Å²) in [5.74, 6) is -0.319. The predicted octanol–water partition coefficient (Wildman–Crippen LogP) is 0.496. The summed E-state index contributed by atoms with van der Waals surface area (Å²) in [5, 5.41) is 13.0. The summed E-state index contributed by atoms with van der Waals surface area (Å²) in [7, 11) is 0. The summed E-state index contributed by atoms with van der Waals surface area (Å²) in [5.41, 5.74) is 0.805. The van der Waals surface area contributed by atoms with Crippen LogP contribution < -0.4 is 10.6 Å². The molecule has 17 heavy (non-hydrogen) atoms. The Morgan fingerprint density at radius 2 is 2.24 bits per heavy atom. The first-order valence-corrected chi connectivity index (χ1v) is 6.24. The minimum absolute atomic E-state index is 0.128. The van der Waals surface area contributed by atoms with Crippen molar-refractivity contribution in [2.24, 2.45) is 10.2 Å². The quantitative estimate of drug-likeness (QED) is 0.567. The average Bonchev–Trinajstić information content (AvgIpc) is 2.57. The molecule has 0 saturated carbocycles. The molecular formula is C10H16N4O2S. The molecule has 2 N–H and O–H groups in total. The van der Waals surface area contributed by atoms with Crippen molar-refractivity contribution in [2.75, 3.05) is 6.54 Å². The van der Waals surface area contributed by atoms with E-state index in [4.69, 9.17) is 0 Å². The molecule has 1 aliphatic heterocycles. The fourth-order valence-corrected chi connectivity index (χ4v) is 2.09. The number of nitrogens with zero attached hydrogens (tertiary/aromatic N) is 2. The largest absolute Gasteiger partial charge is 0.356 e. The number of amidine groups is 1. The molecule has 1 aliphatic rings. The van der Waals surface area contributed by atoms with Crippen molar-refractivity contribution < 1.29 is 9.59 Å². The van der Waals surface area contributed by atoms with Crippen LogP contribution >= 0.6 is 11.8 Å². The molecule has 2 amide bonds. The number of hydrogen-bond donors (Lipinski definition) is 2. The second-order valence-electron chi connectivity index (χ2n) is 3.71.